The molecule has 2 aliphatic heterocycles. The van der Waals surface area contributed by atoms with Crippen molar-refractivity contribution in [2.75, 3.05) is 6.61 Å². The first-order valence-corrected chi connectivity index (χ1v) is 6.70. The molecule has 0 saturated carbocycles. The zero-order valence-corrected chi connectivity index (χ0v) is 11.5. The molecule has 0 saturated heterocycles. The Balaban J connectivity index is 1.95. The van der Waals surface area contributed by atoms with E-state index in [1.807, 2.05) is 0 Å². The summed E-state index contributed by atoms with van der Waals surface area (Å²) in [5, 5.41) is 3.53. The molecule has 1 unspecified atom stereocenters. The number of ether oxygens (including phenoxy) is 2. The van der Waals surface area contributed by atoms with Crippen molar-refractivity contribution in [3.8, 4) is 11.5 Å². The fraction of sp³-hybridized carbons (Fsp3) is 0.600. The van der Waals surface area contributed by atoms with E-state index in [9.17, 15) is 0 Å². The van der Waals surface area contributed by atoms with E-state index in [1.54, 1.807) is 0 Å². The normalized spacial score (nSPS) is 23.5. The smallest absolute Gasteiger partial charge is 0.166 e. The Kier molecular flexibility index (Phi) is 2.56. The first kappa shape index (κ1) is 11.8. The summed E-state index contributed by atoms with van der Waals surface area (Å²) in [6.07, 6.45) is 0.960. The highest BCUT2D eigenvalue weighted by atomic mass is 16.5. The molecule has 1 atom stereocenters. The molecule has 3 nitrogen and oxygen atoms in total. The van der Waals surface area contributed by atoms with Gasteiger partial charge in [0.05, 0.1) is 6.04 Å². The molecule has 2 heterocycles. The van der Waals surface area contributed by atoms with Gasteiger partial charge in [-0.3, -0.25) is 0 Å². The van der Waals surface area contributed by atoms with Gasteiger partial charge in [0.15, 0.2) is 11.5 Å². The van der Waals surface area contributed by atoms with Crippen molar-refractivity contribution in [1.29, 1.82) is 0 Å². The molecule has 0 fully saturated rings. The zero-order valence-electron chi connectivity index (χ0n) is 11.5. The lowest BCUT2D eigenvalue weighted by Gasteiger charge is -2.17. The summed E-state index contributed by atoms with van der Waals surface area (Å²) in [5.41, 5.74) is 2.40. The van der Waals surface area contributed by atoms with Gasteiger partial charge >= 0.3 is 0 Å². The van der Waals surface area contributed by atoms with E-state index in [-0.39, 0.29) is 11.6 Å². The molecule has 0 amide bonds. The van der Waals surface area contributed by atoms with Crippen LogP contribution in [-0.2, 0) is 6.42 Å². The third-order valence-electron chi connectivity index (χ3n) is 3.52. The Morgan fingerprint density at radius 1 is 1.28 bits per heavy atom. The number of hydrogen-bond acceptors (Lipinski definition) is 3. The minimum atomic E-state index is -0.107. The maximum absolute atomic E-state index is 6.04. The SMILES string of the molecule is CC(C)NC1COc2c1ccc1c2OC(C)(C)C1. The van der Waals surface area contributed by atoms with Gasteiger partial charge in [-0.05, 0) is 13.8 Å². The lowest BCUT2D eigenvalue weighted by Crippen LogP contribution is -2.28. The van der Waals surface area contributed by atoms with Gasteiger partial charge < -0.3 is 14.8 Å². The topological polar surface area (TPSA) is 30.5 Å². The zero-order chi connectivity index (χ0) is 12.9. The second-order valence-corrected chi connectivity index (χ2v) is 6.20. The summed E-state index contributed by atoms with van der Waals surface area (Å²) < 4.78 is 11.9. The minimum Gasteiger partial charge on any atom is -0.487 e. The van der Waals surface area contributed by atoms with Crippen molar-refractivity contribution < 1.29 is 9.47 Å². The van der Waals surface area contributed by atoms with E-state index in [4.69, 9.17) is 9.47 Å². The van der Waals surface area contributed by atoms with Gasteiger partial charge in [-0.1, -0.05) is 26.0 Å². The van der Waals surface area contributed by atoms with Gasteiger partial charge in [-0.2, -0.15) is 0 Å². The highest BCUT2D eigenvalue weighted by molar-refractivity contribution is 5.57. The lowest BCUT2D eigenvalue weighted by molar-refractivity contribution is 0.133. The highest BCUT2D eigenvalue weighted by Crippen LogP contribution is 2.48. The second-order valence-electron chi connectivity index (χ2n) is 6.20. The molecule has 98 valence electrons. The van der Waals surface area contributed by atoms with Gasteiger partial charge in [0.1, 0.15) is 12.2 Å². The van der Waals surface area contributed by atoms with Crippen LogP contribution in [0.15, 0.2) is 12.1 Å². The molecule has 1 aromatic rings. The largest absolute Gasteiger partial charge is 0.487 e. The molecular weight excluding hydrogens is 226 g/mol. The molecule has 2 aliphatic rings. The van der Waals surface area contributed by atoms with Gasteiger partial charge in [-0.15, -0.1) is 0 Å². The predicted molar refractivity (Wildman–Crippen MR) is 71.4 cm³/mol. The molecule has 0 aliphatic carbocycles. The molecule has 0 spiro atoms. The molecular formula is C15H21NO2. The van der Waals surface area contributed by atoms with E-state index in [0.29, 0.717) is 12.6 Å². The van der Waals surface area contributed by atoms with Crippen LogP contribution in [-0.4, -0.2) is 18.2 Å². The molecule has 3 heteroatoms. The summed E-state index contributed by atoms with van der Waals surface area (Å²) >= 11 is 0. The van der Waals surface area contributed by atoms with Crippen LogP contribution in [0.4, 0.5) is 0 Å². The van der Waals surface area contributed by atoms with Crippen molar-refractivity contribution in [2.24, 2.45) is 0 Å². The van der Waals surface area contributed by atoms with Crippen molar-refractivity contribution in [3.05, 3.63) is 23.3 Å². The number of nitrogens with one attached hydrogen (secondary N) is 1. The van der Waals surface area contributed by atoms with E-state index in [2.05, 4.69) is 45.1 Å². The Hall–Kier alpha value is -1.22. The van der Waals surface area contributed by atoms with E-state index in [1.165, 1.54) is 11.1 Å². The van der Waals surface area contributed by atoms with Crippen LogP contribution in [0.1, 0.15) is 44.9 Å². The summed E-state index contributed by atoms with van der Waals surface area (Å²) in [5.74, 6) is 1.92. The second kappa shape index (κ2) is 3.89. The maximum Gasteiger partial charge on any atom is 0.166 e. The summed E-state index contributed by atoms with van der Waals surface area (Å²) in [4.78, 5) is 0. The van der Waals surface area contributed by atoms with Crippen LogP contribution in [0, 0.1) is 0 Å². The van der Waals surface area contributed by atoms with Crippen molar-refractivity contribution in [2.45, 2.75) is 51.8 Å². The average molecular weight is 247 g/mol. The highest BCUT2D eigenvalue weighted by Gasteiger charge is 2.37. The first-order valence-electron chi connectivity index (χ1n) is 6.70. The van der Waals surface area contributed by atoms with E-state index >= 15 is 0 Å². The number of hydrogen-bond donors (Lipinski definition) is 1. The Morgan fingerprint density at radius 3 is 2.78 bits per heavy atom. The average Bonchev–Trinajstić information content (AvgIpc) is 2.76. The van der Waals surface area contributed by atoms with Crippen LogP contribution < -0.4 is 14.8 Å². The fourth-order valence-electron chi connectivity index (χ4n) is 2.86. The predicted octanol–water partition coefficient (Wildman–Crippen LogP) is 2.83. The van der Waals surface area contributed by atoms with Crippen molar-refractivity contribution in [1.82, 2.24) is 5.32 Å². The van der Waals surface area contributed by atoms with Gasteiger partial charge in [0, 0.05) is 23.6 Å². The standard InChI is InChI=1S/C15H21NO2/c1-9(2)16-12-8-17-14-11(12)6-5-10-7-15(3,4)18-13(10)14/h5-6,9,12,16H,7-8H2,1-4H3. The van der Waals surface area contributed by atoms with Crippen LogP contribution in [0.25, 0.3) is 0 Å². The lowest BCUT2D eigenvalue weighted by atomic mass is 9.99. The monoisotopic (exact) mass is 247 g/mol. The Morgan fingerprint density at radius 2 is 2.06 bits per heavy atom. The van der Waals surface area contributed by atoms with E-state index < -0.39 is 0 Å². The fourth-order valence-corrected chi connectivity index (χ4v) is 2.86. The molecule has 0 aromatic heterocycles. The van der Waals surface area contributed by atoms with Crippen LogP contribution in [0.3, 0.4) is 0 Å². The summed E-state index contributed by atoms with van der Waals surface area (Å²) in [6.45, 7) is 9.26. The molecule has 18 heavy (non-hydrogen) atoms. The van der Waals surface area contributed by atoms with Gasteiger partial charge in [-0.25, -0.2) is 0 Å². The first-order chi connectivity index (χ1) is 8.46. The maximum atomic E-state index is 6.04. The quantitative estimate of drug-likeness (QED) is 0.871. The summed E-state index contributed by atoms with van der Waals surface area (Å²) in [6, 6.07) is 5.12. The van der Waals surface area contributed by atoms with Gasteiger partial charge in [0.25, 0.3) is 0 Å². The third kappa shape index (κ3) is 1.87. The number of benzene rings is 1. The summed E-state index contributed by atoms with van der Waals surface area (Å²) in [7, 11) is 0. The van der Waals surface area contributed by atoms with E-state index in [0.717, 1.165) is 17.9 Å². The van der Waals surface area contributed by atoms with Crippen molar-refractivity contribution in [3.63, 3.8) is 0 Å². The molecule has 1 aromatic carbocycles. The molecule has 0 radical (unpaired) electrons. The molecule has 1 N–H and O–H groups in total. The molecule has 0 bridgehead atoms. The molecule has 3 rings (SSSR count). The third-order valence-corrected chi connectivity index (χ3v) is 3.52. The van der Waals surface area contributed by atoms with Crippen LogP contribution in [0.2, 0.25) is 0 Å². The van der Waals surface area contributed by atoms with Crippen LogP contribution >= 0.6 is 0 Å². The Bertz CT molecular complexity index is 480. The Labute approximate surface area is 108 Å². The minimum absolute atomic E-state index is 0.107. The van der Waals surface area contributed by atoms with Crippen molar-refractivity contribution >= 4 is 0 Å². The van der Waals surface area contributed by atoms with Crippen LogP contribution in [0.5, 0.6) is 11.5 Å². The number of rotatable bonds is 2. The van der Waals surface area contributed by atoms with Gasteiger partial charge in [0.2, 0.25) is 0 Å². The number of fused-ring (bicyclic) bond motifs is 3.